The number of thiazole rings is 1. The zero-order valence-electron chi connectivity index (χ0n) is 24.2. The lowest BCUT2D eigenvalue weighted by molar-refractivity contribution is 0.284. The normalized spacial score (nSPS) is 15.6. The first-order valence-electron chi connectivity index (χ1n) is 14.4. The standard InChI is InChI=1S/C36H29ClN2O4S/c1-41-26-15-12-24(13-16-26)34-28-17-14-23-7-3-5-9-27(23)33(28)38-36-39(34)35(40)32(44-36)20-22-11-18-30(31(19-22)42-2)43-21-25-8-4-6-10-29(25)37/h3-13,15-16,18-20,34H,14,17,21H2,1-2H3/b32-20+/t34-/m0/s1. The fraction of sp³-hybridized carbons (Fsp3) is 0.167. The van der Waals surface area contributed by atoms with Crippen LogP contribution in [0.15, 0.2) is 106 Å². The Hall–Kier alpha value is -4.59. The topological polar surface area (TPSA) is 62.0 Å². The zero-order chi connectivity index (χ0) is 30.2. The van der Waals surface area contributed by atoms with Crippen LogP contribution >= 0.6 is 22.9 Å². The van der Waals surface area contributed by atoms with Crippen molar-refractivity contribution in [3.8, 4) is 17.2 Å². The Morgan fingerprint density at radius 2 is 1.73 bits per heavy atom. The number of aryl methyl sites for hydroxylation is 1. The number of methoxy groups -OCH3 is 2. The molecule has 1 atom stereocenters. The molecule has 2 aliphatic rings. The highest BCUT2D eigenvalue weighted by atomic mass is 35.5. The van der Waals surface area contributed by atoms with Gasteiger partial charge in [0.05, 0.1) is 30.5 Å². The number of aromatic nitrogens is 1. The Bertz CT molecular complexity index is 2100. The number of nitrogens with zero attached hydrogens (tertiary/aromatic N) is 2. The van der Waals surface area contributed by atoms with Gasteiger partial charge in [-0.05, 0) is 71.5 Å². The molecule has 0 bridgehead atoms. The fourth-order valence-corrected chi connectivity index (χ4v) is 7.12. The lowest BCUT2D eigenvalue weighted by Crippen LogP contribution is -2.38. The van der Waals surface area contributed by atoms with Gasteiger partial charge in [0.1, 0.15) is 12.4 Å². The second kappa shape index (κ2) is 11.8. The molecule has 6 nitrogen and oxygen atoms in total. The maximum absolute atomic E-state index is 14.1. The second-order valence-electron chi connectivity index (χ2n) is 10.7. The third-order valence-electron chi connectivity index (χ3n) is 8.13. The average Bonchev–Trinajstić information content (AvgIpc) is 3.37. The zero-order valence-corrected chi connectivity index (χ0v) is 25.8. The Morgan fingerprint density at radius 1 is 0.932 bits per heavy atom. The van der Waals surface area contributed by atoms with Crippen LogP contribution in [0.5, 0.6) is 17.2 Å². The van der Waals surface area contributed by atoms with Gasteiger partial charge in [-0.25, -0.2) is 4.99 Å². The van der Waals surface area contributed by atoms with E-state index < -0.39 is 0 Å². The van der Waals surface area contributed by atoms with E-state index in [9.17, 15) is 4.79 Å². The molecule has 220 valence electrons. The minimum absolute atomic E-state index is 0.0713. The predicted octanol–water partition coefficient (Wildman–Crippen LogP) is 6.57. The van der Waals surface area contributed by atoms with E-state index in [1.54, 1.807) is 14.2 Å². The molecule has 1 aromatic heterocycles. The van der Waals surface area contributed by atoms with Crippen LogP contribution in [0.25, 0.3) is 11.8 Å². The van der Waals surface area contributed by atoms with E-state index in [2.05, 4.69) is 24.3 Å². The van der Waals surface area contributed by atoms with Crippen LogP contribution in [0.1, 0.15) is 40.3 Å². The molecule has 0 fully saturated rings. The molecule has 2 heterocycles. The Labute approximate surface area is 263 Å². The highest BCUT2D eigenvalue weighted by Crippen LogP contribution is 2.41. The summed E-state index contributed by atoms with van der Waals surface area (Å²) < 4.78 is 19.6. The molecular formula is C36H29ClN2O4S. The van der Waals surface area contributed by atoms with Gasteiger partial charge in [-0.15, -0.1) is 0 Å². The van der Waals surface area contributed by atoms with Gasteiger partial charge in [0.2, 0.25) is 0 Å². The maximum atomic E-state index is 14.1. The second-order valence-corrected chi connectivity index (χ2v) is 12.1. The van der Waals surface area contributed by atoms with Crippen LogP contribution in [0, 0.1) is 0 Å². The molecule has 0 radical (unpaired) electrons. The number of hydrogen-bond donors (Lipinski definition) is 0. The molecule has 5 aromatic rings. The van der Waals surface area contributed by atoms with Gasteiger partial charge >= 0.3 is 0 Å². The van der Waals surface area contributed by atoms with Gasteiger partial charge in [0, 0.05) is 16.1 Å². The van der Waals surface area contributed by atoms with E-state index in [0.717, 1.165) is 52.1 Å². The summed E-state index contributed by atoms with van der Waals surface area (Å²) in [5, 5.41) is 0.650. The minimum atomic E-state index is -0.252. The first kappa shape index (κ1) is 28.2. The third-order valence-corrected chi connectivity index (χ3v) is 9.48. The maximum Gasteiger partial charge on any atom is 0.271 e. The Morgan fingerprint density at radius 3 is 2.52 bits per heavy atom. The summed E-state index contributed by atoms with van der Waals surface area (Å²) in [5.41, 5.74) is 7.23. The summed E-state index contributed by atoms with van der Waals surface area (Å²) in [6.45, 7) is 0.313. The molecule has 0 spiro atoms. The summed E-state index contributed by atoms with van der Waals surface area (Å²) in [4.78, 5) is 19.9. The van der Waals surface area contributed by atoms with Crippen molar-refractivity contribution in [1.82, 2.24) is 4.57 Å². The molecule has 0 saturated heterocycles. The minimum Gasteiger partial charge on any atom is -0.497 e. The predicted molar refractivity (Wildman–Crippen MR) is 175 cm³/mol. The van der Waals surface area contributed by atoms with Gasteiger partial charge in [0.15, 0.2) is 16.3 Å². The number of allylic oxidation sites excluding steroid dienone is 1. The van der Waals surface area contributed by atoms with Gasteiger partial charge in [-0.3, -0.25) is 9.36 Å². The molecule has 7 rings (SSSR count). The highest BCUT2D eigenvalue weighted by Gasteiger charge is 2.32. The van der Waals surface area contributed by atoms with Gasteiger partial charge in [-0.1, -0.05) is 83.6 Å². The van der Waals surface area contributed by atoms with Crippen molar-refractivity contribution in [2.24, 2.45) is 4.99 Å². The van der Waals surface area contributed by atoms with Crippen molar-refractivity contribution in [3.63, 3.8) is 0 Å². The van der Waals surface area contributed by atoms with E-state index in [0.29, 0.717) is 32.5 Å². The summed E-state index contributed by atoms with van der Waals surface area (Å²) in [7, 11) is 3.26. The number of rotatable bonds is 7. The number of benzene rings is 4. The summed E-state index contributed by atoms with van der Waals surface area (Å²) in [6.07, 6.45) is 3.64. The van der Waals surface area contributed by atoms with Crippen molar-refractivity contribution < 1.29 is 14.2 Å². The van der Waals surface area contributed by atoms with Gasteiger partial charge in [-0.2, -0.15) is 0 Å². The first-order chi connectivity index (χ1) is 21.5. The molecule has 1 aliphatic heterocycles. The first-order valence-corrected chi connectivity index (χ1v) is 15.5. The smallest absolute Gasteiger partial charge is 0.271 e. The Kier molecular flexibility index (Phi) is 7.58. The molecule has 0 N–H and O–H groups in total. The monoisotopic (exact) mass is 620 g/mol. The van der Waals surface area contributed by atoms with E-state index >= 15 is 0 Å². The van der Waals surface area contributed by atoms with E-state index in [1.165, 1.54) is 16.9 Å². The van der Waals surface area contributed by atoms with Crippen LogP contribution in [0.4, 0.5) is 0 Å². The van der Waals surface area contributed by atoms with Crippen LogP contribution < -0.4 is 29.1 Å². The van der Waals surface area contributed by atoms with Crippen molar-refractivity contribution in [2.45, 2.75) is 25.5 Å². The lowest BCUT2D eigenvalue weighted by Gasteiger charge is -2.30. The summed E-state index contributed by atoms with van der Waals surface area (Å²) in [5.74, 6) is 1.94. The van der Waals surface area contributed by atoms with Crippen LogP contribution in [-0.4, -0.2) is 18.8 Å². The largest absolute Gasteiger partial charge is 0.497 e. The third kappa shape index (κ3) is 5.12. The van der Waals surface area contributed by atoms with Crippen molar-refractivity contribution in [1.29, 1.82) is 0 Å². The number of halogens is 1. The molecule has 0 amide bonds. The quantitative estimate of drug-likeness (QED) is 0.207. The van der Waals surface area contributed by atoms with Crippen LogP contribution in [0.3, 0.4) is 0 Å². The molecule has 4 aromatic carbocycles. The van der Waals surface area contributed by atoms with Gasteiger partial charge < -0.3 is 14.2 Å². The lowest BCUT2D eigenvalue weighted by atomic mass is 9.83. The molecular weight excluding hydrogens is 592 g/mol. The van der Waals surface area contributed by atoms with Crippen LogP contribution in [0.2, 0.25) is 5.02 Å². The molecule has 0 saturated carbocycles. The molecule has 1 aliphatic carbocycles. The number of fused-ring (bicyclic) bond motifs is 3. The SMILES string of the molecule is COc1ccc([C@H]2C3=C(N=c4s/c(=C/c5ccc(OCc6ccccc6Cl)c(OC)c5)c(=O)n42)c2ccccc2CC3)cc1. The van der Waals surface area contributed by atoms with E-state index in [4.69, 9.17) is 30.8 Å². The Balaban J connectivity index is 1.31. The van der Waals surface area contributed by atoms with Crippen molar-refractivity contribution in [2.75, 3.05) is 14.2 Å². The van der Waals surface area contributed by atoms with Crippen molar-refractivity contribution >= 4 is 34.7 Å². The summed E-state index contributed by atoms with van der Waals surface area (Å²) >= 11 is 7.71. The van der Waals surface area contributed by atoms with Gasteiger partial charge in [0.25, 0.3) is 5.56 Å². The van der Waals surface area contributed by atoms with E-state index in [1.807, 2.05) is 77.4 Å². The molecule has 0 unspecified atom stereocenters. The van der Waals surface area contributed by atoms with E-state index in [-0.39, 0.29) is 11.6 Å². The fourth-order valence-electron chi connectivity index (χ4n) is 5.92. The van der Waals surface area contributed by atoms with Crippen molar-refractivity contribution in [3.05, 3.63) is 149 Å². The van der Waals surface area contributed by atoms with Crippen LogP contribution in [-0.2, 0) is 13.0 Å². The average molecular weight is 621 g/mol. The molecule has 8 heteroatoms. The summed E-state index contributed by atoms with van der Waals surface area (Å²) in [6, 6.07) is 29.4. The molecule has 44 heavy (non-hydrogen) atoms. The number of hydrogen-bond acceptors (Lipinski definition) is 6. The highest BCUT2D eigenvalue weighted by molar-refractivity contribution is 7.07. The number of ether oxygens (including phenoxy) is 3.